The zero-order valence-corrected chi connectivity index (χ0v) is 10.9. The quantitative estimate of drug-likeness (QED) is 0.846. The van der Waals surface area contributed by atoms with Crippen molar-refractivity contribution in [3.05, 3.63) is 24.0 Å². The Kier molecular flexibility index (Phi) is 4.67. The van der Waals surface area contributed by atoms with Crippen LogP contribution in [-0.4, -0.2) is 19.1 Å². The third-order valence-electron chi connectivity index (χ3n) is 2.62. The SMILES string of the molecule is CCOc1cc(F)ccc1NC(=O)C(C)(C)CN. The fourth-order valence-electron chi connectivity index (χ4n) is 1.26. The first-order chi connectivity index (χ1) is 8.40. The van der Waals surface area contributed by atoms with Gasteiger partial charge < -0.3 is 15.8 Å². The van der Waals surface area contributed by atoms with Gasteiger partial charge in [0.2, 0.25) is 5.91 Å². The van der Waals surface area contributed by atoms with E-state index in [4.69, 9.17) is 10.5 Å². The molecule has 4 nitrogen and oxygen atoms in total. The van der Waals surface area contributed by atoms with E-state index in [1.165, 1.54) is 18.2 Å². The van der Waals surface area contributed by atoms with Crippen molar-refractivity contribution in [2.75, 3.05) is 18.5 Å². The van der Waals surface area contributed by atoms with E-state index in [1.54, 1.807) is 20.8 Å². The largest absolute Gasteiger partial charge is 0.492 e. The van der Waals surface area contributed by atoms with E-state index in [9.17, 15) is 9.18 Å². The Balaban J connectivity index is 2.93. The van der Waals surface area contributed by atoms with Gasteiger partial charge in [-0.05, 0) is 32.9 Å². The molecule has 0 bridgehead atoms. The first kappa shape index (κ1) is 14.4. The molecule has 0 saturated heterocycles. The van der Waals surface area contributed by atoms with Gasteiger partial charge in [-0.3, -0.25) is 4.79 Å². The summed E-state index contributed by atoms with van der Waals surface area (Å²) in [6, 6.07) is 3.99. The zero-order chi connectivity index (χ0) is 13.8. The van der Waals surface area contributed by atoms with Crippen LogP contribution in [0.3, 0.4) is 0 Å². The number of rotatable bonds is 5. The van der Waals surface area contributed by atoms with Gasteiger partial charge >= 0.3 is 0 Å². The zero-order valence-electron chi connectivity index (χ0n) is 10.9. The van der Waals surface area contributed by atoms with Crippen LogP contribution in [0.5, 0.6) is 5.75 Å². The molecule has 1 aromatic carbocycles. The van der Waals surface area contributed by atoms with Gasteiger partial charge in [-0.1, -0.05) is 0 Å². The third kappa shape index (κ3) is 3.43. The van der Waals surface area contributed by atoms with Gasteiger partial charge in [0.25, 0.3) is 0 Å². The molecule has 0 aromatic heterocycles. The summed E-state index contributed by atoms with van der Waals surface area (Å²) in [4.78, 5) is 12.0. The average Bonchev–Trinajstić information content (AvgIpc) is 2.32. The predicted molar refractivity (Wildman–Crippen MR) is 69.0 cm³/mol. The Labute approximate surface area is 106 Å². The standard InChI is InChI=1S/C13H19FN2O2/c1-4-18-11-7-9(14)5-6-10(11)16-12(17)13(2,3)8-15/h5-7H,4,8,15H2,1-3H3,(H,16,17). The van der Waals surface area contributed by atoms with Gasteiger partial charge in [0.15, 0.2) is 0 Å². The van der Waals surface area contributed by atoms with E-state index in [0.29, 0.717) is 18.0 Å². The smallest absolute Gasteiger partial charge is 0.231 e. The number of benzene rings is 1. The summed E-state index contributed by atoms with van der Waals surface area (Å²) >= 11 is 0. The molecule has 0 fully saturated rings. The molecule has 3 N–H and O–H groups in total. The van der Waals surface area contributed by atoms with Crippen molar-refractivity contribution in [2.24, 2.45) is 11.1 Å². The molecule has 1 aromatic rings. The summed E-state index contributed by atoms with van der Waals surface area (Å²) < 4.78 is 18.4. The number of carbonyl (C=O) groups is 1. The first-order valence-electron chi connectivity index (χ1n) is 5.84. The van der Waals surface area contributed by atoms with Crippen LogP contribution in [0.2, 0.25) is 0 Å². The van der Waals surface area contributed by atoms with Crippen molar-refractivity contribution in [1.29, 1.82) is 0 Å². The molecule has 0 atom stereocenters. The Morgan fingerprint density at radius 3 is 2.72 bits per heavy atom. The molecule has 0 aliphatic heterocycles. The summed E-state index contributed by atoms with van der Waals surface area (Å²) in [5.41, 5.74) is 5.30. The lowest BCUT2D eigenvalue weighted by atomic mass is 9.92. The maximum atomic E-state index is 13.1. The van der Waals surface area contributed by atoms with Crippen LogP contribution in [0.4, 0.5) is 10.1 Å². The Hall–Kier alpha value is -1.62. The van der Waals surface area contributed by atoms with Gasteiger partial charge in [-0.2, -0.15) is 0 Å². The summed E-state index contributed by atoms with van der Waals surface area (Å²) in [6.07, 6.45) is 0. The molecule has 0 aliphatic rings. The number of nitrogens with two attached hydrogens (primary N) is 1. The van der Waals surface area contributed by atoms with E-state index in [0.717, 1.165) is 0 Å². The fourth-order valence-corrected chi connectivity index (χ4v) is 1.26. The molecular formula is C13H19FN2O2. The molecule has 100 valence electrons. The molecule has 0 radical (unpaired) electrons. The molecule has 0 saturated carbocycles. The van der Waals surface area contributed by atoms with Crippen LogP contribution in [0.1, 0.15) is 20.8 Å². The lowest BCUT2D eigenvalue weighted by molar-refractivity contribution is -0.123. The lowest BCUT2D eigenvalue weighted by Crippen LogP contribution is -2.37. The maximum absolute atomic E-state index is 13.1. The number of anilines is 1. The van der Waals surface area contributed by atoms with Crippen LogP contribution in [0, 0.1) is 11.2 Å². The minimum atomic E-state index is -0.683. The number of amides is 1. The molecule has 0 spiro atoms. The Morgan fingerprint density at radius 1 is 1.50 bits per heavy atom. The second-order valence-corrected chi connectivity index (χ2v) is 4.62. The predicted octanol–water partition coefficient (Wildman–Crippen LogP) is 2.15. The lowest BCUT2D eigenvalue weighted by Gasteiger charge is -2.22. The highest BCUT2D eigenvalue weighted by atomic mass is 19.1. The topological polar surface area (TPSA) is 64.3 Å². The first-order valence-corrected chi connectivity index (χ1v) is 5.84. The van der Waals surface area contributed by atoms with Gasteiger partial charge in [-0.25, -0.2) is 4.39 Å². The summed E-state index contributed by atoms with van der Waals surface area (Å²) in [5.74, 6) is -0.314. The highest BCUT2D eigenvalue weighted by Gasteiger charge is 2.26. The Morgan fingerprint density at radius 2 is 2.17 bits per heavy atom. The second kappa shape index (κ2) is 5.82. The van der Waals surface area contributed by atoms with E-state index in [2.05, 4.69) is 5.32 Å². The molecule has 1 rings (SSSR count). The molecule has 1 amide bonds. The highest BCUT2D eigenvalue weighted by molar-refractivity contribution is 5.96. The molecular weight excluding hydrogens is 235 g/mol. The van der Waals surface area contributed by atoms with Crippen molar-refractivity contribution in [1.82, 2.24) is 0 Å². The van der Waals surface area contributed by atoms with Crippen molar-refractivity contribution in [3.8, 4) is 5.75 Å². The highest BCUT2D eigenvalue weighted by Crippen LogP contribution is 2.27. The van der Waals surface area contributed by atoms with E-state index in [-0.39, 0.29) is 12.5 Å². The minimum Gasteiger partial charge on any atom is -0.492 e. The minimum absolute atomic E-state index is 0.224. The number of nitrogens with one attached hydrogen (secondary N) is 1. The second-order valence-electron chi connectivity index (χ2n) is 4.62. The molecule has 5 heteroatoms. The van der Waals surface area contributed by atoms with E-state index < -0.39 is 11.2 Å². The average molecular weight is 254 g/mol. The fraction of sp³-hybridized carbons (Fsp3) is 0.462. The molecule has 18 heavy (non-hydrogen) atoms. The molecule has 0 aliphatic carbocycles. The maximum Gasteiger partial charge on any atom is 0.231 e. The van der Waals surface area contributed by atoms with Crippen LogP contribution in [0.25, 0.3) is 0 Å². The number of ether oxygens (including phenoxy) is 1. The third-order valence-corrected chi connectivity index (χ3v) is 2.62. The van der Waals surface area contributed by atoms with Crippen molar-refractivity contribution in [3.63, 3.8) is 0 Å². The summed E-state index contributed by atoms with van der Waals surface area (Å²) in [6.45, 7) is 5.90. The molecule has 0 unspecified atom stereocenters. The van der Waals surface area contributed by atoms with Crippen LogP contribution >= 0.6 is 0 Å². The number of halogens is 1. The van der Waals surface area contributed by atoms with Crippen LogP contribution in [-0.2, 0) is 4.79 Å². The van der Waals surface area contributed by atoms with Crippen molar-refractivity contribution >= 4 is 11.6 Å². The van der Waals surface area contributed by atoms with Gasteiger partial charge in [0.05, 0.1) is 17.7 Å². The van der Waals surface area contributed by atoms with Gasteiger partial charge in [0.1, 0.15) is 11.6 Å². The normalized spacial score (nSPS) is 11.2. The summed E-state index contributed by atoms with van der Waals surface area (Å²) in [7, 11) is 0. The van der Waals surface area contributed by atoms with Gasteiger partial charge in [-0.15, -0.1) is 0 Å². The van der Waals surface area contributed by atoms with Crippen LogP contribution < -0.4 is 15.8 Å². The van der Waals surface area contributed by atoms with Crippen LogP contribution in [0.15, 0.2) is 18.2 Å². The number of hydrogen-bond donors (Lipinski definition) is 2. The monoisotopic (exact) mass is 254 g/mol. The number of hydrogen-bond acceptors (Lipinski definition) is 3. The number of carbonyl (C=O) groups excluding carboxylic acids is 1. The van der Waals surface area contributed by atoms with Crippen molar-refractivity contribution in [2.45, 2.75) is 20.8 Å². The van der Waals surface area contributed by atoms with Crippen molar-refractivity contribution < 1.29 is 13.9 Å². The molecule has 0 heterocycles. The van der Waals surface area contributed by atoms with E-state index in [1.807, 2.05) is 0 Å². The summed E-state index contributed by atoms with van der Waals surface area (Å²) in [5, 5.41) is 2.70. The Bertz CT molecular complexity index is 433. The van der Waals surface area contributed by atoms with E-state index >= 15 is 0 Å². The van der Waals surface area contributed by atoms with Gasteiger partial charge in [0, 0.05) is 12.6 Å².